The Labute approximate surface area is 211 Å². The Bertz CT molecular complexity index is 1120. The topological polar surface area (TPSA) is 46.5 Å². The number of carboxylic acid groups (broad SMARTS) is 1. The Kier molecular flexibility index (Phi) is 6.53. The number of carboxylic acids is 1. The second-order valence-electron chi connectivity index (χ2n) is 12.0. The molecule has 1 unspecified atom stereocenters. The van der Waals surface area contributed by atoms with Crippen molar-refractivity contribution in [3.63, 3.8) is 0 Å². The molecule has 6 heteroatoms. The third kappa shape index (κ3) is 4.61. The van der Waals surface area contributed by atoms with Gasteiger partial charge in [0, 0.05) is 0 Å². The lowest BCUT2D eigenvalue weighted by Gasteiger charge is -2.30. The second-order valence-corrected chi connectivity index (χ2v) is 12.0. The van der Waals surface area contributed by atoms with Crippen LogP contribution >= 0.6 is 0 Å². The van der Waals surface area contributed by atoms with Gasteiger partial charge in [0.25, 0.3) is 0 Å². The maximum absolute atomic E-state index is 14.4. The standard InChI is InChI=1S/C30H37F3O3/c1-3-20-4-9-23(10-5-20)36-25-11-8-21-6-7-22(16-24(21)26(25)30(31,32)33)19(2)17-28-12-14-29(18-28,15-13-28)27(34)35/h6-8,11,16,19-20,23H,3-5,9-10,12-15,17-18H2,1-2H3,(H,34,35). The first-order valence-electron chi connectivity index (χ1n) is 13.6. The Morgan fingerprint density at radius 2 is 1.75 bits per heavy atom. The van der Waals surface area contributed by atoms with Crippen molar-refractivity contribution in [2.45, 2.75) is 103 Å². The van der Waals surface area contributed by atoms with Crippen molar-refractivity contribution in [3.8, 4) is 5.75 Å². The molecule has 0 amide bonds. The van der Waals surface area contributed by atoms with Gasteiger partial charge in [-0.05, 0) is 104 Å². The zero-order chi connectivity index (χ0) is 25.7. The van der Waals surface area contributed by atoms with E-state index in [1.54, 1.807) is 18.2 Å². The number of hydrogen-bond acceptors (Lipinski definition) is 2. The van der Waals surface area contributed by atoms with Crippen LogP contribution in [0.3, 0.4) is 0 Å². The highest BCUT2D eigenvalue weighted by Gasteiger charge is 2.58. The number of halogens is 3. The minimum absolute atomic E-state index is 0.0120. The summed E-state index contributed by atoms with van der Waals surface area (Å²) in [5.74, 6) is -0.0542. The molecule has 3 aliphatic carbocycles. The highest BCUT2D eigenvalue weighted by Crippen LogP contribution is 2.64. The average Bonchev–Trinajstić information content (AvgIpc) is 3.40. The van der Waals surface area contributed by atoms with E-state index in [0.717, 1.165) is 56.9 Å². The van der Waals surface area contributed by atoms with E-state index in [1.807, 2.05) is 6.07 Å². The molecular weight excluding hydrogens is 465 g/mol. The third-order valence-corrected chi connectivity index (χ3v) is 9.70. The quantitative estimate of drug-likeness (QED) is 0.412. The van der Waals surface area contributed by atoms with Crippen LogP contribution in [0.5, 0.6) is 5.75 Å². The van der Waals surface area contributed by atoms with Crippen molar-refractivity contribution >= 4 is 16.7 Å². The highest BCUT2D eigenvalue weighted by molar-refractivity contribution is 5.89. The minimum Gasteiger partial charge on any atom is -0.490 e. The van der Waals surface area contributed by atoms with E-state index in [4.69, 9.17) is 4.74 Å². The zero-order valence-electron chi connectivity index (χ0n) is 21.3. The summed E-state index contributed by atoms with van der Waals surface area (Å²) in [6.45, 7) is 4.23. The summed E-state index contributed by atoms with van der Waals surface area (Å²) in [7, 11) is 0. The van der Waals surface area contributed by atoms with Gasteiger partial charge in [0.15, 0.2) is 0 Å². The number of hydrogen-bond donors (Lipinski definition) is 1. The summed E-state index contributed by atoms with van der Waals surface area (Å²) >= 11 is 0. The monoisotopic (exact) mass is 502 g/mol. The van der Waals surface area contributed by atoms with Crippen LogP contribution in [-0.2, 0) is 11.0 Å². The first-order chi connectivity index (χ1) is 17.0. The van der Waals surface area contributed by atoms with Crippen LogP contribution in [0.4, 0.5) is 13.2 Å². The Morgan fingerprint density at radius 3 is 2.33 bits per heavy atom. The van der Waals surface area contributed by atoms with Crippen LogP contribution in [-0.4, -0.2) is 17.2 Å². The van der Waals surface area contributed by atoms with Crippen molar-refractivity contribution in [1.29, 1.82) is 0 Å². The molecule has 1 atom stereocenters. The van der Waals surface area contributed by atoms with Gasteiger partial charge in [0.1, 0.15) is 11.3 Å². The summed E-state index contributed by atoms with van der Waals surface area (Å²) in [6.07, 6.45) is 4.73. The molecule has 3 aliphatic rings. The summed E-state index contributed by atoms with van der Waals surface area (Å²) in [5.41, 5.74) is -0.393. The molecular formula is C30H37F3O3. The smallest absolute Gasteiger partial charge is 0.420 e. The molecule has 0 aromatic heterocycles. The molecule has 3 saturated carbocycles. The summed E-state index contributed by atoms with van der Waals surface area (Å²) in [4.78, 5) is 11.8. The highest BCUT2D eigenvalue weighted by atomic mass is 19.4. The van der Waals surface area contributed by atoms with Gasteiger partial charge in [-0.1, -0.05) is 44.5 Å². The van der Waals surface area contributed by atoms with Crippen molar-refractivity contribution in [1.82, 2.24) is 0 Å². The number of carbonyl (C=O) groups is 1. The van der Waals surface area contributed by atoms with Crippen LogP contribution in [0.2, 0.25) is 0 Å². The van der Waals surface area contributed by atoms with E-state index in [1.165, 1.54) is 6.07 Å². The maximum atomic E-state index is 14.4. The predicted molar refractivity (Wildman–Crippen MR) is 134 cm³/mol. The number of benzene rings is 2. The van der Waals surface area contributed by atoms with Crippen LogP contribution in [0.15, 0.2) is 30.3 Å². The number of rotatable bonds is 7. The number of alkyl halides is 3. The molecule has 5 rings (SSSR count). The van der Waals surface area contributed by atoms with Gasteiger partial charge >= 0.3 is 12.1 Å². The molecule has 2 aromatic carbocycles. The van der Waals surface area contributed by atoms with Crippen LogP contribution in [0.1, 0.15) is 102 Å². The predicted octanol–water partition coefficient (Wildman–Crippen LogP) is 8.73. The van der Waals surface area contributed by atoms with Crippen LogP contribution in [0, 0.1) is 16.7 Å². The molecule has 0 spiro atoms. The fourth-order valence-corrected chi connectivity index (χ4v) is 7.52. The fourth-order valence-electron chi connectivity index (χ4n) is 7.52. The molecule has 3 nitrogen and oxygen atoms in total. The molecule has 0 heterocycles. The van der Waals surface area contributed by atoms with Crippen LogP contribution in [0.25, 0.3) is 10.8 Å². The molecule has 1 N–H and O–H groups in total. The SMILES string of the molecule is CCC1CCC(Oc2ccc3ccc(C(C)CC45CCC(C(=O)O)(CC4)C5)cc3c2C(F)(F)F)CC1. The average molecular weight is 503 g/mol. The summed E-state index contributed by atoms with van der Waals surface area (Å²) in [5, 5.41) is 10.5. The molecule has 0 aliphatic heterocycles. The molecule has 0 saturated heterocycles. The van der Waals surface area contributed by atoms with Gasteiger partial charge in [-0.3, -0.25) is 4.79 Å². The fraction of sp³-hybridized carbons (Fsp3) is 0.633. The molecule has 2 aromatic rings. The van der Waals surface area contributed by atoms with Gasteiger partial charge in [0.2, 0.25) is 0 Å². The van der Waals surface area contributed by atoms with E-state index in [2.05, 4.69) is 13.8 Å². The normalized spacial score (nSPS) is 31.0. The third-order valence-electron chi connectivity index (χ3n) is 9.70. The van der Waals surface area contributed by atoms with E-state index in [9.17, 15) is 23.1 Å². The number of fused-ring (bicyclic) bond motifs is 3. The largest absolute Gasteiger partial charge is 0.490 e. The number of ether oxygens (including phenoxy) is 1. The van der Waals surface area contributed by atoms with Crippen molar-refractivity contribution in [3.05, 3.63) is 41.5 Å². The second kappa shape index (κ2) is 9.25. The zero-order valence-corrected chi connectivity index (χ0v) is 21.3. The lowest BCUT2D eigenvalue weighted by molar-refractivity contribution is -0.148. The van der Waals surface area contributed by atoms with Gasteiger partial charge in [-0.15, -0.1) is 0 Å². The van der Waals surface area contributed by atoms with E-state index < -0.39 is 23.1 Å². The van der Waals surface area contributed by atoms with Crippen LogP contribution < -0.4 is 4.74 Å². The Hall–Kier alpha value is -2.24. The molecule has 0 radical (unpaired) electrons. The Balaban J connectivity index is 1.42. The number of aliphatic carboxylic acids is 1. The van der Waals surface area contributed by atoms with Gasteiger partial charge in [-0.25, -0.2) is 0 Å². The first-order valence-corrected chi connectivity index (χ1v) is 13.6. The van der Waals surface area contributed by atoms with Gasteiger partial charge in [0.05, 0.1) is 11.5 Å². The Morgan fingerprint density at radius 1 is 1.08 bits per heavy atom. The van der Waals surface area contributed by atoms with Gasteiger partial charge < -0.3 is 9.84 Å². The van der Waals surface area contributed by atoms with E-state index >= 15 is 0 Å². The molecule has 3 fully saturated rings. The van der Waals surface area contributed by atoms with E-state index in [0.29, 0.717) is 30.6 Å². The molecule has 196 valence electrons. The summed E-state index contributed by atoms with van der Waals surface area (Å²) in [6, 6.07) is 8.65. The lowest BCUT2D eigenvalue weighted by atomic mass is 9.75. The lowest BCUT2D eigenvalue weighted by Crippen LogP contribution is -2.25. The van der Waals surface area contributed by atoms with Crippen molar-refractivity contribution < 1.29 is 27.8 Å². The minimum atomic E-state index is -4.52. The summed E-state index contributed by atoms with van der Waals surface area (Å²) < 4.78 is 49.3. The van der Waals surface area contributed by atoms with Crippen molar-refractivity contribution in [2.24, 2.45) is 16.7 Å². The van der Waals surface area contributed by atoms with E-state index in [-0.39, 0.29) is 28.6 Å². The molecule has 36 heavy (non-hydrogen) atoms. The van der Waals surface area contributed by atoms with Crippen molar-refractivity contribution in [2.75, 3.05) is 0 Å². The maximum Gasteiger partial charge on any atom is 0.420 e. The molecule has 2 bridgehead atoms. The first kappa shape index (κ1) is 25.4. The van der Waals surface area contributed by atoms with Gasteiger partial charge in [-0.2, -0.15) is 13.2 Å².